The number of amides is 1. The van der Waals surface area contributed by atoms with E-state index in [4.69, 9.17) is 11.2 Å². The molecule has 0 aliphatic rings. The highest BCUT2D eigenvalue weighted by molar-refractivity contribution is 5.93. The lowest BCUT2D eigenvalue weighted by atomic mass is 10.1. The van der Waals surface area contributed by atoms with E-state index >= 15 is 0 Å². The first-order valence-electron chi connectivity index (χ1n) is 11.1. The van der Waals surface area contributed by atoms with E-state index in [2.05, 4.69) is 40.0 Å². The third-order valence-corrected chi connectivity index (χ3v) is 5.74. The molecule has 0 saturated carbocycles. The van der Waals surface area contributed by atoms with Crippen LogP contribution in [0.15, 0.2) is 42.7 Å². The summed E-state index contributed by atoms with van der Waals surface area (Å²) in [5, 5.41) is 4.12. The Morgan fingerprint density at radius 2 is 1.94 bits per heavy atom. The molecule has 1 heterocycles. The standard InChI is InChI=1S/C26H31N5O2/c1-6-19-10-9-11-21(14-19)29-26-22-15-20(24(33-5)17-23(22)27-18-28-26)16-25(32)30(4)12-13-31(7-2)8-3/h1,9-11,14-15,17-18H,7-8,12-13,16H2,2-5H3,(H,27,28,29). The van der Waals surface area contributed by atoms with Crippen molar-refractivity contribution in [2.75, 3.05) is 45.7 Å². The van der Waals surface area contributed by atoms with Gasteiger partial charge in [0.2, 0.25) is 5.91 Å². The summed E-state index contributed by atoms with van der Waals surface area (Å²) in [4.78, 5) is 25.8. The highest BCUT2D eigenvalue weighted by Crippen LogP contribution is 2.30. The normalized spacial score (nSPS) is 10.8. The lowest BCUT2D eigenvalue weighted by Gasteiger charge is -2.23. The summed E-state index contributed by atoms with van der Waals surface area (Å²) in [6, 6.07) is 11.3. The second-order valence-electron chi connectivity index (χ2n) is 7.77. The number of nitrogens with zero attached hydrogens (tertiary/aromatic N) is 4. The van der Waals surface area contributed by atoms with Gasteiger partial charge in [-0.2, -0.15) is 0 Å². The van der Waals surface area contributed by atoms with Gasteiger partial charge in [0.25, 0.3) is 0 Å². The Morgan fingerprint density at radius 3 is 2.64 bits per heavy atom. The topological polar surface area (TPSA) is 70.6 Å². The van der Waals surface area contributed by atoms with Crippen LogP contribution in [0.1, 0.15) is 25.0 Å². The first-order valence-corrected chi connectivity index (χ1v) is 11.1. The fourth-order valence-electron chi connectivity index (χ4n) is 3.63. The van der Waals surface area contributed by atoms with E-state index in [0.717, 1.165) is 47.4 Å². The van der Waals surface area contributed by atoms with Crippen LogP contribution in [0.4, 0.5) is 11.5 Å². The van der Waals surface area contributed by atoms with Crippen molar-refractivity contribution in [2.24, 2.45) is 0 Å². The Bertz CT molecular complexity index is 1150. The van der Waals surface area contributed by atoms with Crippen molar-refractivity contribution in [1.82, 2.24) is 19.8 Å². The number of terminal acetylenes is 1. The summed E-state index contributed by atoms with van der Waals surface area (Å²) >= 11 is 0. The number of methoxy groups -OCH3 is 1. The smallest absolute Gasteiger partial charge is 0.226 e. The second kappa shape index (κ2) is 11.3. The molecule has 3 rings (SSSR count). The van der Waals surface area contributed by atoms with Crippen LogP contribution < -0.4 is 10.1 Å². The van der Waals surface area contributed by atoms with Crippen molar-refractivity contribution in [3.05, 3.63) is 53.9 Å². The number of aromatic nitrogens is 2. The molecule has 7 nitrogen and oxygen atoms in total. The van der Waals surface area contributed by atoms with E-state index in [1.54, 1.807) is 12.0 Å². The third kappa shape index (κ3) is 5.99. The van der Waals surface area contributed by atoms with Crippen molar-refractivity contribution >= 4 is 28.3 Å². The number of benzene rings is 2. The van der Waals surface area contributed by atoms with Gasteiger partial charge < -0.3 is 19.9 Å². The van der Waals surface area contributed by atoms with E-state index in [0.29, 0.717) is 18.1 Å². The van der Waals surface area contributed by atoms with Gasteiger partial charge in [0, 0.05) is 48.4 Å². The minimum atomic E-state index is 0.0351. The highest BCUT2D eigenvalue weighted by atomic mass is 16.5. The molecule has 1 N–H and O–H groups in total. The van der Waals surface area contributed by atoms with Crippen molar-refractivity contribution in [3.63, 3.8) is 0 Å². The van der Waals surface area contributed by atoms with Gasteiger partial charge in [0.05, 0.1) is 19.0 Å². The number of carbonyl (C=O) groups excluding carboxylic acids is 1. The summed E-state index contributed by atoms with van der Waals surface area (Å²) in [5.74, 6) is 3.94. The summed E-state index contributed by atoms with van der Waals surface area (Å²) in [6.07, 6.45) is 7.25. The molecular weight excluding hydrogens is 414 g/mol. The monoisotopic (exact) mass is 445 g/mol. The van der Waals surface area contributed by atoms with Gasteiger partial charge in [0.1, 0.15) is 17.9 Å². The molecule has 0 saturated heterocycles. The summed E-state index contributed by atoms with van der Waals surface area (Å²) < 4.78 is 5.57. The second-order valence-corrected chi connectivity index (χ2v) is 7.77. The number of hydrogen-bond acceptors (Lipinski definition) is 6. The fourth-order valence-corrected chi connectivity index (χ4v) is 3.63. The molecule has 0 spiro atoms. The molecule has 0 unspecified atom stereocenters. The van der Waals surface area contributed by atoms with Crippen LogP contribution in [0, 0.1) is 12.3 Å². The quantitative estimate of drug-likeness (QED) is 0.480. The van der Waals surface area contributed by atoms with Crippen molar-refractivity contribution in [1.29, 1.82) is 0 Å². The molecule has 0 atom stereocenters. The SMILES string of the molecule is C#Cc1cccc(Nc2ncnc3cc(OC)c(CC(=O)N(C)CCN(CC)CC)cc23)c1. The fraction of sp³-hybridized carbons (Fsp3) is 0.346. The van der Waals surface area contributed by atoms with Crippen LogP contribution in [0.25, 0.3) is 10.9 Å². The Morgan fingerprint density at radius 1 is 1.15 bits per heavy atom. The minimum absolute atomic E-state index is 0.0351. The average molecular weight is 446 g/mol. The Kier molecular flexibility index (Phi) is 8.22. The van der Waals surface area contributed by atoms with Crippen molar-refractivity contribution in [3.8, 4) is 18.1 Å². The zero-order valence-electron chi connectivity index (χ0n) is 19.8. The molecular formula is C26H31N5O2. The zero-order valence-corrected chi connectivity index (χ0v) is 19.8. The van der Waals surface area contributed by atoms with Gasteiger partial charge >= 0.3 is 0 Å². The molecule has 33 heavy (non-hydrogen) atoms. The van der Waals surface area contributed by atoms with Gasteiger partial charge in [-0.25, -0.2) is 9.97 Å². The summed E-state index contributed by atoms with van der Waals surface area (Å²) in [7, 11) is 3.44. The van der Waals surface area contributed by atoms with Crippen LogP contribution in [0.5, 0.6) is 5.75 Å². The van der Waals surface area contributed by atoms with Gasteiger partial charge in [-0.3, -0.25) is 4.79 Å². The lowest BCUT2D eigenvalue weighted by Crippen LogP contribution is -2.37. The number of nitrogens with one attached hydrogen (secondary N) is 1. The molecule has 0 aliphatic heterocycles. The Hall–Kier alpha value is -3.63. The van der Waals surface area contributed by atoms with Gasteiger partial charge in [0.15, 0.2) is 0 Å². The highest BCUT2D eigenvalue weighted by Gasteiger charge is 2.16. The lowest BCUT2D eigenvalue weighted by molar-refractivity contribution is -0.129. The molecule has 1 aromatic heterocycles. The molecule has 0 bridgehead atoms. The Balaban J connectivity index is 1.86. The van der Waals surface area contributed by atoms with Gasteiger partial charge in [-0.05, 0) is 37.4 Å². The summed E-state index contributed by atoms with van der Waals surface area (Å²) in [6.45, 7) is 7.72. The van der Waals surface area contributed by atoms with Crippen molar-refractivity contribution in [2.45, 2.75) is 20.3 Å². The molecule has 3 aromatic rings. The molecule has 2 aromatic carbocycles. The molecule has 1 amide bonds. The van der Waals surface area contributed by atoms with Crippen LogP contribution in [-0.4, -0.2) is 66.0 Å². The molecule has 7 heteroatoms. The predicted molar refractivity (Wildman–Crippen MR) is 133 cm³/mol. The van der Waals surface area contributed by atoms with Crippen LogP contribution in [0.2, 0.25) is 0 Å². The van der Waals surface area contributed by atoms with Crippen LogP contribution >= 0.6 is 0 Å². The number of anilines is 2. The average Bonchev–Trinajstić information content (AvgIpc) is 2.84. The van der Waals surface area contributed by atoms with E-state index in [9.17, 15) is 4.79 Å². The first kappa shape index (κ1) is 24.0. The number of likely N-dealkylation sites (N-methyl/N-ethyl adjacent to an activating group) is 2. The van der Waals surface area contributed by atoms with Crippen molar-refractivity contribution < 1.29 is 9.53 Å². The van der Waals surface area contributed by atoms with E-state index in [-0.39, 0.29) is 12.3 Å². The Labute approximate surface area is 195 Å². The van der Waals surface area contributed by atoms with E-state index < -0.39 is 0 Å². The zero-order chi connectivity index (χ0) is 23.8. The molecule has 172 valence electrons. The van der Waals surface area contributed by atoms with Gasteiger partial charge in [-0.1, -0.05) is 25.8 Å². The maximum Gasteiger partial charge on any atom is 0.226 e. The number of hydrogen-bond donors (Lipinski definition) is 1. The first-order chi connectivity index (χ1) is 16.0. The molecule has 0 aliphatic carbocycles. The third-order valence-electron chi connectivity index (χ3n) is 5.74. The van der Waals surface area contributed by atoms with E-state index in [1.807, 2.05) is 43.4 Å². The maximum atomic E-state index is 12.9. The predicted octanol–water partition coefficient (Wildman–Crippen LogP) is 3.71. The maximum absolute atomic E-state index is 12.9. The summed E-state index contributed by atoms with van der Waals surface area (Å²) in [5.41, 5.74) is 3.12. The number of rotatable bonds is 10. The number of fused-ring (bicyclic) bond motifs is 1. The number of ether oxygens (including phenoxy) is 1. The van der Waals surface area contributed by atoms with E-state index in [1.165, 1.54) is 6.33 Å². The number of carbonyl (C=O) groups is 1. The largest absolute Gasteiger partial charge is 0.496 e. The minimum Gasteiger partial charge on any atom is -0.496 e. The van der Waals surface area contributed by atoms with Crippen LogP contribution in [0.3, 0.4) is 0 Å². The molecule has 0 fully saturated rings. The molecule has 0 radical (unpaired) electrons. The van der Waals surface area contributed by atoms with Crippen LogP contribution in [-0.2, 0) is 11.2 Å². The van der Waals surface area contributed by atoms with Gasteiger partial charge in [-0.15, -0.1) is 6.42 Å².